The predicted octanol–water partition coefficient (Wildman–Crippen LogP) is 7.42. The van der Waals surface area contributed by atoms with Crippen LogP contribution in [0.3, 0.4) is 0 Å². The van der Waals surface area contributed by atoms with Crippen molar-refractivity contribution in [1.29, 1.82) is 0 Å². The lowest BCUT2D eigenvalue weighted by molar-refractivity contribution is 0.0675. The highest BCUT2D eigenvalue weighted by atomic mass is 16.5. The third-order valence-electron chi connectivity index (χ3n) is 7.99. The molecule has 0 bridgehead atoms. The Kier molecular flexibility index (Phi) is 7.36. The van der Waals surface area contributed by atoms with Crippen molar-refractivity contribution in [3.05, 3.63) is 106 Å². The Balaban J connectivity index is 1.57. The van der Waals surface area contributed by atoms with Gasteiger partial charge in [-0.05, 0) is 81.3 Å². The van der Waals surface area contributed by atoms with Gasteiger partial charge in [0.25, 0.3) is 5.91 Å². The average Bonchev–Trinajstić information content (AvgIpc) is 3.26. The molecule has 8 nitrogen and oxygen atoms in total. The van der Waals surface area contributed by atoms with Crippen LogP contribution in [0.4, 0.5) is 17.1 Å². The van der Waals surface area contributed by atoms with Crippen molar-refractivity contribution < 1.29 is 14.3 Å². The summed E-state index contributed by atoms with van der Waals surface area (Å²) in [6, 6.07) is 23.5. The highest BCUT2D eigenvalue weighted by Crippen LogP contribution is 2.58. The van der Waals surface area contributed by atoms with Gasteiger partial charge in [0.15, 0.2) is 0 Å². The van der Waals surface area contributed by atoms with Crippen LogP contribution in [0.25, 0.3) is 0 Å². The molecule has 43 heavy (non-hydrogen) atoms. The normalized spacial score (nSPS) is 14.5. The molecule has 0 aliphatic carbocycles. The molecule has 1 amide bonds. The zero-order valence-electron chi connectivity index (χ0n) is 25.1. The van der Waals surface area contributed by atoms with Gasteiger partial charge in [0.1, 0.15) is 22.8 Å². The maximum atomic E-state index is 14.2. The van der Waals surface area contributed by atoms with E-state index in [2.05, 4.69) is 55.5 Å². The summed E-state index contributed by atoms with van der Waals surface area (Å²) in [6.07, 6.45) is 3.18. The smallest absolute Gasteiger partial charge is 0.275 e. The first-order valence-electron chi connectivity index (χ1n) is 14.5. The zero-order valence-corrected chi connectivity index (χ0v) is 25.1. The van der Waals surface area contributed by atoms with E-state index in [-0.39, 0.29) is 5.91 Å². The fourth-order valence-corrected chi connectivity index (χ4v) is 6.04. The van der Waals surface area contributed by atoms with Crippen molar-refractivity contribution in [2.75, 3.05) is 30.8 Å². The Bertz CT molecular complexity index is 1700. The number of carbonyl (C=O) groups is 1. The van der Waals surface area contributed by atoms with E-state index >= 15 is 0 Å². The highest BCUT2D eigenvalue weighted by molar-refractivity contribution is 6.17. The third-order valence-corrected chi connectivity index (χ3v) is 7.99. The largest absolute Gasteiger partial charge is 0.497 e. The first kappa shape index (κ1) is 28.0. The quantitative estimate of drug-likeness (QED) is 0.214. The van der Waals surface area contributed by atoms with Crippen LogP contribution in [-0.4, -0.2) is 43.5 Å². The second kappa shape index (κ2) is 11.3. The van der Waals surface area contributed by atoms with Crippen LogP contribution < -0.4 is 20.1 Å². The van der Waals surface area contributed by atoms with Gasteiger partial charge in [-0.1, -0.05) is 18.2 Å². The van der Waals surface area contributed by atoms with E-state index in [1.807, 2.05) is 60.7 Å². The molecule has 2 heterocycles. The molecule has 0 aromatic heterocycles. The second-order valence-electron chi connectivity index (χ2n) is 10.6. The molecule has 4 aromatic rings. The molecular formula is C35H35N5O3. The van der Waals surface area contributed by atoms with Crippen molar-refractivity contribution in [2.24, 2.45) is 10.1 Å². The van der Waals surface area contributed by atoms with Crippen molar-refractivity contribution >= 4 is 35.4 Å². The molecule has 1 spiro atoms. The number of anilines is 2. The Morgan fingerprint density at radius 2 is 1.44 bits per heavy atom. The maximum absolute atomic E-state index is 14.2. The van der Waals surface area contributed by atoms with Crippen LogP contribution in [0.1, 0.15) is 52.0 Å². The zero-order chi connectivity index (χ0) is 30.1. The van der Waals surface area contributed by atoms with Gasteiger partial charge in [-0.15, -0.1) is 0 Å². The van der Waals surface area contributed by atoms with Crippen molar-refractivity contribution in [3.63, 3.8) is 0 Å². The number of aliphatic imine (C=N–C) groups is 1. The number of aryl methyl sites for hydroxylation is 2. The highest BCUT2D eigenvalue weighted by Gasteiger charge is 2.57. The molecule has 8 heteroatoms. The van der Waals surface area contributed by atoms with Crippen LogP contribution in [-0.2, 0) is 5.54 Å². The Hall–Kier alpha value is -5.11. The number of hydrazone groups is 1. The minimum absolute atomic E-state index is 0.190. The Labute approximate surface area is 252 Å². The predicted molar refractivity (Wildman–Crippen MR) is 173 cm³/mol. The average molecular weight is 574 g/mol. The van der Waals surface area contributed by atoms with Gasteiger partial charge in [0, 0.05) is 65.1 Å². The molecule has 2 aliphatic heterocycles. The molecule has 218 valence electrons. The maximum Gasteiger partial charge on any atom is 0.275 e. The van der Waals surface area contributed by atoms with Crippen LogP contribution >= 0.6 is 0 Å². The minimum Gasteiger partial charge on any atom is -0.497 e. The molecule has 0 fully saturated rings. The second-order valence-corrected chi connectivity index (χ2v) is 10.6. The van der Waals surface area contributed by atoms with Gasteiger partial charge in [0.2, 0.25) is 0 Å². The van der Waals surface area contributed by atoms with Crippen molar-refractivity contribution in [2.45, 2.75) is 33.2 Å². The fraction of sp³-hybridized carbons (Fsp3) is 0.229. The van der Waals surface area contributed by atoms with Gasteiger partial charge in [0.05, 0.1) is 19.0 Å². The van der Waals surface area contributed by atoms with Gasteiger partial charge in [-0.2, -0.15) is 5.10 Å². The third kappa shape index (κ3) is 4.59. The summed E-state index contributed by atoms with van der Waals surface area (Å²) in [7, 11) is 1.63. The summed E-state index contributed by atoms with van der Waals surface area (Å²) in [4.78, 5) is 18.7. The summed E-state index contributed by atoms with van der Waals surface area (Å²) in [5, 5.41) is 13.3. The molecular weight excluding hydrogens is 538 g/mol. The number of nitrogens with zero attached hydrogens (tertiary/aromatic N) is 3. The van der Waals surface area contributed by atoms with E-state index in [1.165, 1.54) is 0 Å². The topological polar surface area (TPSA) is 87.6 Å². The molecule has 0 radical (unpaired) electrons. The van der Waals surface area contributed by atoms with Gasteiger partial charge in [-0.3, -0.25) is 9.79 Å². The number of carbonyl (C=O) groups excluding carboxylic acids is 1. The Morgan fingerprint density at radius 1 is 0.837 bits per heavy atom. The Morgan fingerprint density at radius 3 is 2.02 bits per heavy atom. The molecule has 4 aromatic carbocycles. The van der Waals surface area contributed by atoms with Gasteiger partial charge < -0.3 is 20.1 Å². The number of fused-ring (bicyclic) bond motifs is 6. The lowest BCUT2D eigenvalue weighted by Gasteiger charge is -2.42. The van der Waals surface area contributed by atoms with Gasteiger partial charge >= 0.3 is 0 Å². The molecule has 0 saturated heterocycles. The molecule has 0 atom stereocenters. The number of ether oxygens (including phenoxy) is 2. The van der Waals surface area contributed by atoms with Crippen LogP contribution in [0.5, 0.6) is 17.2 Å². The molecule has 6 rings (SSSR count). The lowest BCUT2D eigenvalue weighted by Crippen LogP contribution is -2.44. The van der Waals surface area contributed by atoms with Crippen LogP contribution in [0.2, 0.25) is 0 Å². The number of benzene rings is 4. The van der Waals surface area contributed by atoms with E-state index in [0.717, 1.165) is 63.7 Å². The summed E-state index contributed by atoms with van der Waals surface area (Å²) >= 11 is 0. The monoisotopic (exact) mass is 573 g/mol. The minimum atomic E-state index is -1.05. The SMILES string of the molecule is CCNc1cc2c(cc1C)C1(c3cc(C)c(NCC)cc3O2)c2ccccc2C(=O)N1N=CC=Nc1ccc(OC)cc1. The number of hydrogen-bond donors (Lipinski definition) is 2. The first-order chi connectivity index (χ1) is 20.9. The van der Waals surface area contributed by atoms with Crippen molar-refractivity contribution in [3.8, 4) is 17.2 Å². The number of hydrogen-bond acceptors (Lipinski definition) is 7. The fourth-order valence-electron chi connectivity index (χ4n) is 6.04. The standard InChI is InChI=1S/C35H35N5O3/c1-6-36-30-20-32-28(18-22(30)3)35(29-19-23(4)31(37-7-2)21-33(29)43-32)27-11-9-8-10-26(27)34(41)40(35)39-17-16-38-24-12-14-25(42-5)15-13-24/h8-21,36-37H,6-7H2,1-5H3. The number of amides is 1. The van der Waals surface area contributed by atoms with E-state index in [0.29, 0.717) is 17.1 Å². The van der Waals surface area contributed by atoms with E-state index in [4.69, 9.17) is 14.6 Å². The summed E-state index contributed by atoms with van der Waals surface area (Å²) in [5.74, 6) is 1.92. The van der Waals surface area contributed by atoms with Gasteiger partial charge in [-0.25, -0.2) is 5.01 Å². The summed E-state index contributed by atoms with van der Waals surface area (Å²) in [6.45, 7) is 9.82. The van der Waals surface area contributed by atoms with Crippen LogP contribution in [0, 0.1) is 13.8 Å². The lowest BCUT2D eigenvalue weighted by atomic mass is 9.74. The summed E-state index contributed by atoms with van der Waals surface area (Å²) < 4.78 is 11.9. The first-order valence-corrected chi connectivity index (χ1v) is 14.5. The summed E-state index contributed by atoms with van der Waals surface area (Å²) in [5.41, 5.74) is 6.95. The molecule has 2 N–H and O–H groups in total. The van der Waals surface area contributed by atoms with E-state index in [1.54, 1.807) is 24.5 Å². The number of rotatable bonds is 8. The molecule has 0 saturated carbocycles. The molecule has 2 aliphatic rings. The van der Waals surface area contributed by atoms with Crippen LogP contribution in [0.15, 0.2) is 82.9 Å². The van der Waals surface area contributed by atoms with E-state index in [9.17, 15) is 4.79 Å². The number of methoxy groups -OCH3 is 1. The van der Waals surface area contributed by atoms with Crippen molar-refractivity contribution in [1.82, 2.24) is 5.01 Å². The van der Waals surface area contributed by atoms with E-state index < -0.39 is 5.54 Å². The number of nitrogens with one attached hydrogen (secondary N) is 2. The molecule has 0 unspecified atom stereocenters.